The third kappa shape index (κ3) is 4.52. The molecule has 8 heteroatoms. The van der Waals surface area contributed by atoms with Crippen LogP contribution in [0.15, 0.2) is 18.2 Å². The monoisotopic (exact) mass is 426 g/mol. The van der Waals surface area contributed by atoms with Crippen molar-refractivity contribution in [2.45, 2.75) is 63.8 Å². The number of ether oxygens (including phenoxy) is 2. The fourth-order valence-electron chi connectivity index (χ4n) is 4.25. The van der Waals surface area contributed by atoms with E-state index in [2.05, 4.69) is 33.1 Å². The molecule has 0 spiro atoms. The molecule has 0 amide bonds. The highest BCUT2D eigenvalue weighted by Gasteiger charge is 2.30. The summed E-state index contributed by atoms with van der Waals surface area (Å²) in [7, 11) is 1.72. The van der Waals surface area contributed by atoms with Gasteiger partial charge in [-0.25, -0.2) is 0 Å². The van der Waals surface area contributed by atoms with Gasteiger partial charge >= 0.3 is 0 Å². The van der Waals surface area contributed by atoms with Crippen LogP contribution >= 0.6 is 24.0 Å². The number of hydrogen-bond acceptors (Lipinski definition) is 5. The predicted molar refractivity (Wildman–Crippen MR) is 112 cm³/mol. The molecular weight excluding hydrogens is 399 g/mol. The van der Waals surface area contributed by atoms with Crippen molar-refractivity contribution in [1.29, 1.82) is 0 Å². The largest absolute Gasteiger partial charge is 0.382 e. The fourth-order valence-corrected chi connectivity index (χ4v) is 4.45. The number of fused-ring (bicyclic) bond motifs is 3. The first-order valence-corrected chi connectivity index (χ1v) is 10.1. The minimum absolute atomic E-state index is 0. The van der Waals surface area contributed by atoms with Gasteiger partial charge in [0.05, 0.1) is 31.0 Å². The molecule has 2 aromatic rings. The van der Waals surface area contributed by atoms with Crippen LogP contribution in [-0.4, -0.2) is 40.7 Å². The van der Waals surface area contributed by atoms with Crippen LogP contribution < -0.4 is 5.32 Å². The Kier molecular flexibility index (Phi) is 7.34. The van der Waals surface area contributed by atoms with E-state index in [1.165, 1.54) is 5.56 Å². The first-order chi connectivity index (χ1) is 13.2. The number of halogens is 2. The highest BCUT2D eigenvalue weighted by Crippen LogP contribution is 2.36. The molecule has 1 N–H and O–H groups in total. The Bertz CT molecular complexity index is 791. The lowest BCUT2D eigenvalue weighted by Crippen LogP contribution is -2.28. The van der Waals surface area contributed by atoms with Gasteiger partial charge in [0.25, 0.3) is 0 Å². The maximum absolute atomic E-state index is 6.21. The van der Waals surface area contributed by atoms with Crippen molar-refractivity contribution in [3.8, 4) is 5.69 Å². The Labute approximate surface area is 177 Å². The van der Waals surface area contributed by atoms with Gasteiger partial charge in [-0.1, -0.05) is 11.6 Å². The van der Waals surface area contributed by atoms with Crippen molar-refractivity contribution in [2.24, 2.45) is 0 Å². The van der Waals surface area contributed by atoms with Crippen molar-refractivity contribution < 1.29 is 9.47 Å². The van der Waals surface area contributed by atoms with Crippen LogP contribution in [-0.2, 0) is 22.6 Å². The predicted octanol–water partition coefficient (Wildman–Crippen LogP) is 4.02. The van der Waals surface area contributed by atoms with Gasteiger partial charge in [0.15, 0.2) is 5.82 Å². The van der Waals surface area contributed by atoms with Crippen molar-refractivity contribution in [3.63, 3.8) is 0 Å². The molecule has 1 atom stereocenters. The molecule has 1 aromatic carbocycles. The Morgan fingerprint density at radius 3 is 2.75 bits per heavy atom. The zero-order chi connectivity index (χ0) is 18.8. The van der Waals surface area contributed by atoms with Gasteiger partial charge < -0.3 is 14.8 Å². The van der Waals surface area contributed by atoms with Crippen LogP contribution in [0.3, 0.4) is 0 Å². The number of methoxy groups -OCH3 is 1. The third-order valence-electron chi connectivity index (χ3n) is 5.50. The maximum atomic E-state index is 6.21. The van der Waals surface area contributed by atoms with Gasteiger partial charge in [0.1, 0.15) is 5.82 Å². The Morgan fingerprint density at radius 1 is 1.21 bits per heavy atom. The lowest BCUT2D eigenvalue weighted by molar-refractivity contribution is -0.0538. The van der Waals surface area contributed by atoms with E-state index in [1.54, 1.807) is 7.11 Å². The van der Waals surface area contributed by atoms with Gasteiger partial charge in [-0.05, 0) is 56.4 Å². The first-order valence-electron chi connectivity index (χ1n) is 9.73. The van der Waals surface area contributed by atoms with Crippen LogP contribution in [0, 0.1) is 0 Å². The van der Waals surface area contributed by atoms with Crippen LogP contribution in [0.5, 0.6) is 0 Å². The number of aromatic nitrogens is 3. The summed E-state index contributed by atoms with van der Waals surface area (Å²) in [5.74, 6) is 2.45. The number of benzene rings is 1. The molecule has 1 fully saturated rings. The average Bonchev–Trinajstić information content (AvgIpc) is 2.98. The van der Waals surface area contributed by atoms with Gasteiger partial charge in [-0.15, -0.1) is 22.6 Å². The third-order valence-corrected chi connectivity index (χ3v) is 5.74. The summed E-state index contributed by atoms with van der Waals surface area (Å²) in [6.45, 7) is 4.22. The number of rotatable bonds is 5. The molecular formula is C20H28Cl2N4O2. The highest BCUT2D eigenvalue weighted by atomic mass is 35.5. The standard InChI is InChI=1S/C20H27ClN4O2.ClH/c1-13(12-26-2)27-17-6-3-14(4-7-17)20-24-23-19-11-22-10-15-9-16(21)5-8-18(15)25(19)20;/h5,8-9,13-14,17,22H,3-4,6-7,10-12H2,1-2H3;1H. The molecule has 0 saturated heterocycles. The van der Waals surface area contributed by atoms with E-state index >= 15 is 0 Å². The number of nitrogens with zero attached hydrogens (tertiary/aromatic N) is 3. The van der Waals surface area contributed by atoms with Gasteiger partial charge in [-0.2, -0.15) is 0 Å². The molecule has 6 nitrogen and oxygen atoms in total. The molecule has 1 saturated carbocycles. The molecule has 4 rings (SSSR count). The van der Waals surface area contributed by atoms with Crippen molar-refractivity contribution >= 4 is 24.0 Å². The first kappa shape index (κ1) is 21.5. The lowest BCUT2D eigenvalue weighted by Gasteiger charge is -2.30. The molecule has 28 heavy (non-hydrogen) atoms. The van der Waals surface area contributed by atoms with Crippen LogP contribution in [0.2, 0.25) is 5.02 Å². The SMILES string of the molecule is COCC(C)OC1CCC(c2nnc3n2-c2ccc(Cl)cc2CNC3)CC1.Cl. The van der Waals surface area contributed by atoms with Crippen molar-refractivity contribution in [1.82, 2.24) is 20.1 Å². The summed E-state index contributed by atoms with van der Waals surface area (Å²) < 4.78 is 13.5. The molecule has 154 valence electrons. The number of nitrogens with one attached hydrogen (secondary N) is 1. The molecule has 2 heterocycles. The molecule has 1 unspecified atom stereocenters. The van der Waals surface area contributed by atoms with E-state index in [0.29, 0.717) is 25.2 Å². The zero-order valence-electron chi connectivity index (χ0n) is 16.4. The smallest absolute Gasteiger partial charge is 0.151 e. The molecule has 1 aromatic heterocycles. The minimum atomic E-state index is 0. The Morgan fingerprint density at radius 2 is 2.00 bits per heavy atom. The Hall–Kier alpha value is -1.18. The van der Waals surface area contributed by atoms with Crippen LogP contribution in [0.4, 0.5) is 0 Å². The summed E-state index contributed by atoms with van der Waals surface area (Å²) in [5.41, 5.74) is 2.33. The van der Waals surface area contributed by atoms with Gasteiger partial charge in [0, 0.05) is 24.6 Å². The van der Waals surface area contributed by atoms with Gasteiger partial charge in [-0.3, -0.25) is 4.57 Å². The van der Waals surface area contributed by atoms with E-state index in [1.807, 2.05) is 12.1 Å². The topological polar surface area (TPSA) is 61.2 Å². The average molecular weight is 427 g/mol. The van der Waals surface area contributed by atoms with Crippen molar-refractivity contribution in [3.05, 3.63) is 40.4 Å². The molecule has 1 aliphatic heterocycles. The van der Waals surface area contributed by atoms with Crippen molar-refractivity contribution in [2.75, 3.05) is 13.7 Å². The number of hydrogen-bond donors (Lipinski definition) is 1. The minimum Gasteiger partial charge on any atom is -0.382 e. The van der Waals surface area contributed by atoms with E-state index in [9.17, 15) is 0 Å². The molecule has 0 bridgehead atoms. The van der Waals surface area contributed by atoms with E-state index in [4.69, 9.17) is 21.1 Å². The lowest BCUT2D eigenvalue weighted by atomic mass is 9.86. The maximum Gasteiger partial charge on any atom is 0.151 e. The summed E-state index contributed by atoms with van der Waals surface area (Å²) in [4.78, 5) is 0. The summed E-state index contributed by atoms with van der Waals surface area (Å²) in [6.07, 6.45) is 4.69. The normalized spacial score (nSPS) is 22.5. The second kappa shape index (κ2) is 9.55. The molecule has 2 aliphatic rings. The summed E-state index contributed by atoms with van der Waals surface area (Å²) in [6, 6.07) is 6.06. The van der Waals surface area contributed by atoms with E-state index < -0.39 is 0 Å². The Balaban J connectivity index is 0.00000225. The summed E-state index contributed by atoms with van der Waals surface area (Å²) >= 11 is 6.21. The van der Waals surface area contributed by atoms with Crippen LogP contribution in [0.1, 0.15) is 55.7 Å². The quantitative estimate of drug-likeness (QED) is 0.781. The van der Waals surface area contributed by atoms with Crippen LogP contribution in [0.25, 0.3) is 5.69 Å². The summed E-state index contributed by atoms with van der Waals surface area (Å²) in [5, 5.41) is 13.2. The second-order valence-corrected chi connectivity index (χ2v) is 8.00. The second-order valence-electron chi connectivity index (χ2n) is 7.56. The van der Waals surface area contributed by atoms with Gasteiger partial charge in [0.2, 0.25) is 0 Å². The highest BCUT2D eigenvalue weighted by molar-refractivity contribution is 6.30. The molecule has 0 radical (unpaired) electrons. The van der Waals surface area contributed by atoms with E-state index in [0.717, 1.165) is 54.6 Å². The molecule has 1 aliphatic carbocycles. The zero-order valence-corrected chi connectivity index (χ0v) is 17.9. The fraction of sp³-hybridized carbons (Fsp3) is 0.600. The van der Waals surface area contributed by atoms with E-state index in [-0.39, 0.29) is 18.5 Å².